The summed E-state index contributed by atoms with van der Waals surface area (Å²) in [6.07, 6.45) is 5.05. The molecule has 1 atom stereocenters. The molecule has 0 aliphatic heterocycles. The van der Waals surface area contributed by atoms with Crippen LogP contribution >= 0.6 is 8.58 Å². The highest BCUT2D eigenvalue weighted by Crippen LogP contribution is 2.42. The van der Waals surface area contributed by atoms with E-state index in [1.165, 1.54) is 12.8 Å². The summed E-state index contributed by atoms with van der Waals surface area (Å²) in [6, 6.07) is 0. The first-order valence-electron chi connectivity index (χ1n) is 3.51. The fourth-order valence-electron chi connectivity index (χ4n) is 1.25. The summed E-state index contributed by atoms with van der Waals surface area (Å²) < 4.78 is 0. The molecule has 0 aromatic heterocycles. The van der Waals surface area contributed by atoms with Gasteiger partial charge in [0, 0.05) is 0 Å². The molecule has 1 heteroatoms. The van der Waals surface area contributed by atoms with Gasteiger partial charge in [-0.1, -0.05) is 33.8 Å². The Kier molecular flexibility index (Phi) is 1.96. The average molecular weight is 142 g/mol. The van der Waals surface area contributed by atoms with Crippen molar-refractivity contribution in [1.82, 2.24) is 0 Å². The van der Waals surface area contributed by atoms with Gasteiger partial charge < -0.3 is 0 Å². The van der Waals surface area contributed by atoms with Crippen LogP contribution in [0.5, 0.6) is 0 Å². The number of hydrogen-bond donors (Lipinski definition) is 0. The molecule has 1 aliphatic carbocycles. The van der Waals surface area contributed by atoms with Crippen LogP contribution < -0.4 is 0 Å². The van der Waals surface area contributed by atoms with E-state index in [9.17, 15) is 0 Å². The highest BCUT2D eigenvalue weighted by Gasteiger charge is 2.22. The van der Waals surface area contributed by atoms with E-state index in [4.69, 9.17) is 0 Å². The Morgan fingerprint density at radius 1 is 1.56 bits per heavy atom. The summed E-state index contributed by atoms with van der Waals surface area (Å²) >= 11 is 0. The summed E-state index contributed by atoms with van der Waals surface area (Å²) in [4.78, 5) is 0. The van der Waals surface area contributed by atoms with Crippen molar-refractivity contribution in [3.63, 3.8) is 0 Å². The quantitative estimate of drug-likeness (QED) is 0.494. The van der Waals surface area contributed by atoms with Crippen LogP contribution in [0.4, 0.5) is 0 Å². The number of hydrogen-bond acceptors (Lipinski definition) is 0. The SMILES string of the molecule is CPC1=CCC(C)(C)C1. The first kappa shape index (κ1) is 7.28. The Balaban J connectivity index is 2.50. The Morgan fingerprint density at radius 2 is 2.22 bits per heavy atom. The van der Waals surface area contributed by atoms with E-state index in [1.807, 2.05) is 0 Å². The minimum atomic E-state index is 0.582. The lowest BCUT2D eigenvalue weighted by molar-refractivity contribution is 0.398. The molecule has 0 fully saturated rings. The summed E-state index contributed by atoms with van der Waals surface area (Å²) in [5.41, 5.74) is 0.582. The second-order valence-electron chi connectivity index (χ2n) is 3.52. The molecule has 0 saturated carbocycles. The van der Waals surface area contributed by atoms with Crippen LogP contribution in [0.15, 0.2) is 11.4 Å². The Labute approximate surface area is 59.5 Å². The molecular weight excluding hydrogens is 127 g/mol. The fourth-order valence-corrected chi connectivity index (χ4v) is 2.21. The van der Waals surface area contributed by atoms with Crippen LogP contribution in [-0.2, 0) is 0 Å². The van der Waals surface area contributed by atoms with Crippen molar-refractivity contribution in [2.75, 3.05) is 6.66 Å². The highest BCUT2D eigenvalue weighted by molar-refractivity contribution is 7.42. The normalized spacial score (nSPS) is 25.4. The first-order valence-corrected chi connectivity index (χ1v) is 5.01. The van der Waals surface area contributed by atoms with E-state index < -0.39 is 0 Å². The lowest BCUT2D eigenvalue weighted by Crippen LogP contribution is -2.03. The van der Waals surface area contributed by atoms with Crippen molar-refractivity contribution in [3.8, 4) is 0 Å². The standard InChI is InChI=1S/C8H15P/c1-8(2)5-4-7(6-8)9-3/h4,9H,5-6H2,1-3H3. The molecule has 0 heterocycles. The van der Waals surface area contributed by atoms with Gasteiger partial charge in [0.2, 0.25) is 0 Å². The van der Waals surface area contributed by atoms with Gasteiger partial charge in [-0.15, -0.1) is 0 Å². The first-order chi connectivity index (χ1) is 4.14. The van der Waals surface area contributed by atoms with E-state index in [0.717, 1.165) is 8.58 Å². The third-order valence-electron chi connectivity index (χ3n) is 1.89. The predicted octanol–water partition coefficient (Wildman–Crippen LogP) is 3.00. The van der Waals surface area contributed by atoms with E-state index >= 15 is 0 Å². The molecule has 9 heavy (non-hydrogen) atoms. The van der Waals surface area contributed by atoms with E-state index in [0.29, 0.717) is 5.41 Å². The molecule has 0 bridgehead atoms. The lowest BCUT2D eigenvalue weighted by Gasteiger charge is -2.16. The summed E-state index contributed by atoms with van der Waals surface area (Å²) in [5, 5.41) is 1.68. The van der Waals surface area contributed by atoms with Gasteiger partial charge >= 0.3 is 0 Å². The molecule has 0 aromatic carbocycles. The highest BCUT2D eigenvalue weighted by atomic mass is 31.1. The monoisotopic (exact) mass is 142 g/mol. The van der Waals surface area contributed by atoms with Gasteiger partial charge in [-0.2, -0.15) is 0 Å². The van der Waals surface area contributed by atoms with Crippen LogP contribution in [0.3, 0.4) is 0 Å². The maximum Gasteiger partial charge on any atom is -0.0226 e. The molecular formula is C8H15P. The molecule has 1 unspecified atom stereocenters. The second kappa shape index (κ2) is 2.42. The van der Waals surface area contributed by atoms with Gasteiger partial charge in [0.25, 0.3) is 0 Å². The minimum Gasteiger partial charge on any atom is -0.0984 e. The lowest BCUT2D eigenvalue weighted by atomic mass is 9.91. The zero-order chi connectivity index (χ0) is 6.91. The molecule has 0 saturated heterocycles. The smallest absolute Gasteiger partial charge is 0.0226 e. The number of rotatable bonds is 1. The predicted molar refractivity (Wildman–Crippen MR) is 45.3 cm³/mol. The van der Waals surface area contributed by atoms with Crippen LogP contribution in [0.25, 0.3) is 0 Å². The molecule has 0 amide bonds. The van der Waals surface area contributed by atoms with Gasteiger partial charge in [-0.25, -0.2) is 0 Å². The Bertz CT molecular complexity index is 134. The maximum absolute atomic E-state index is 2.42. The molecule has 1 rings (SSSR count). The average Bonchev–Trinajstić information content (AvgIpc) is 2.10. The third-order valence-corrected chi connectivity index (χ3v) is 2.91. The second-order valence-corrected chi connectivity index (χ2v) is 4.67. The summed E-state index contributed by atoms with van der Waals surface area (Å²) in [5.74, 6) is 0. The minimum absolute atomic E-state index is 0.582. The summed E-state index contributed by atoms with van der Waals surface area (Å²) in [6.45, 7) is 6.96. The molecule has 0 aromatic rings. The van der Waals surface area contributed by atoms with E-state index in [-0.39, 0.29) is 0 Å². The van der Waals surface area contributed by atoms with Crippen molar-refractivity contribution in [2.24, 2.45) is 5.41 Å². The van der Waals surface area contributed by atoms with Crippen LogP contribution in [0.1, 0.15) is 26.7 Å². The molecule has 0 radical (unpaired) electrons. The molecule has 52 valence electrons. The fraction of sp³-hybridized carbons (Fsp3) is 0.750. The maximum atomic E-state index is 2.42. The van der Waals surface area contributed by atoms with Gasteiger partial charge in [0.05, 0.1) is 0 Å². The van der Waals surface area contributed by atoms with Gasteiger partial charge in [0.1, 0.15) is 0 Å². The molecule has 0 spiro atoms. The van der Waals surface area contributed by atoms with Crippen molar-refractivity contribution in [2.45, 2.75) is 26.7 Å². The van der Waals surface area contributed by atoms with Crippen molar-refractivity contribution in [1.29, 1.82) is 0 Å². The Morgan fingerprint density at radius 3 is 2.44 bits per heavy atom. The van der Waals surface area contributed by atoms with Crippen LogP contribution in [0, 0.1) is 5.41 Å². The van der Waals surface area contributed by atoms with Crippen LogP contribution in [-0.4, -0.2) is 6.66 Å². The van der Waals surface area contributed by atoms with Gasteiger partial charge in [0.15, 0.2) is 0 Å². The van der Waals surface area contributed by atoms with Crippen molar-refractivity contribution < 1.29 is 0 Å². The topological polar surface area (TPSA) is 0 Å². The molecule has 1 aliphatic rings. The van der Waals surface area contributed by atoms with E-state index in [1.54, 1.807) is 5.31 Å². The van der Waals surface area contributed by atoms with Gasteiger partial charge in [-0.05, 0) is 24.9 Å². The van der Waals surface area contributed by atoms with Crippen LogP contribution in [0.2, 0.25) is 0 Å². The third kappa shape index (κ3) is 1.79. The summed E-state index contributed by atoms with van der Waals surface area (Å²) in [7, 11) is 1.04. The van der Waals surface area contributed by atoms with Crippen molar-refractivity contribution in [3.05, 3.63) is 11.4 Å². The largest absolute Gasteiger partial charge is 0.0984 e. The zero-order valence-electron chi connectivity index (χ0n) is 6.49. The number of allylic oxidation sites excluding steroid dienone is 2. The van der Waals surface area contributed by atoms with E-state index in [2.05, 4.69) is 26.6 Å². The Hall–Kier alpha value is 0.170. The van der Waals surface area contributed by atoms with Crippen molar-refractivity contribution >= 4 is 8.58 Å². The van der Waals surface area contributed by atoms with Gasteiger partial charge in [-0.3, -0.25) is 0 Å². The molecule has 0 N–H and O–H groups in total. The zero-order valence-corrected chi connectivity index (χ0v) is 7.49. The molecule has 0 nitrogen and oxygen atoms in total.